The van der Waals surface area contributed by atoms with Crippen LogP contribution in [0.2, 0.25) is 5.02 Å². The smallest absolute Gasteiger partial charge is 0.277 e. The van der Waals surface area contributed by atoms with Gasteiger partial charge >= 0.3 is 0 Å². The average molecular weight is 363 g/mol. The van der Waals surface area contributed by atoms with Gasteiger partial charge in [0.2, 0.25) is 0 Å². The molecule has 7 heteroatoms. The largest absolute Gasteiger partial charge is 0.493 e. The van der Waals surface area contributed by atoms with Crippen molar-refractivity contribution >= 4 is 23.7 Å². The number of halogens is 1. The quantitative estimate of drug-likeness (QED) is 0.606. The second-order valence-electron chi connectivity index (χ2n) is 5.08. The molecular weight excluding hydrogens is 344 g/mol. The van der Waals surface area contributed by atoms with Crippen molar-refractivity contribution in [3.63, 3.8) is 0 Å². The third-order valence-corrected chi connectivity index (χ3v) is 3.75. The highest BCUT2D eigenvalue weighted by Gasteiger charge is 2.08. The predicted octanol–water partition coefficient (Wildman–Crippen LogP) is 3.19. The maximum absolute atomic E-state index is 11.8. The summed E-state index contributed by atoms with van der Waals surface area (Å²) in [4.78, 5) is 11.8. The molecule has 0 aliphatic rings. The summed E-state index contributed by atoms with van der Waals surface area (Å²) in [6.07, 6.45) is 1.48. The third kappa shape index (κ3) is 5.12. The Morgan fingerprint density at radius 3 is 2.72 bits per heavy atom. The van der Waals surface area contributed by atoms with E-state index in [1.165, 1.54) is 13.3 Å². The number of hydrazone groups is 1. The number of para-hydroxylation sites is 1. The molecule has 1 amide bonds. The molecular formula is C18H19ClN2O4. The van der Waals surface area contributed by atoms with Gasteiger partial charge in [-0.2, -0.15) is 5.10 Å². The number of methoxy groups -OCH3 is 2. The van der Waals surface area contributed by atoms with Gasteiger partial charge in [0.1, 0.15) is 5.75 Å². The maximum atomic E-state index is 11.8. The topological polar surface area (TPSA) is 69.2 Å². The number of ether oxygens (including phenoxy) is 3. The van der Waals surface area contributed by atoms with E-state index >= 15 is 0 Å². The number of rotatable bonds is 7. The lowest BCUT2D eigenvalue weighted by Gasteiger charge is -2.09. The fraction of sp³-hybridized carbons (Fsp3) is 0.222. The van der Waals surface area contributed by atoms with Crippen LogP contribution >= 0.6 is 11.6 Å². The minimum absolute atomic E-state index is 0.159. The molecule has 132 valence electrons. The minimum atomic E-state index is -0.384. The Balaban J connectivity index is 1.91. The average Bonchev–Trinajstić information content (AvgIpc) is 2.62. The number of nitrogens with one attached hydrogen (secondary N) is 1. The summed E-state index contributed by atoms with van der Waals surface area (Å²) >= 11 is 5.94. The van der Waals surface area contributed by atoms with Crippen LogP contribution in [0.1, 0.15) is 11.1 Å². The summed E-state index contributed by atoms with van der Waals surface area (Å²) in [7, 11) is 3.09. The second-order valence-corrected chi connectivity index (χ2v) is 5.48. The molecule has 0 aliphatic heterocycles. The molecule has 6 nitrogen and oxygen atoms in total. The zero-order valence-corrected chi connectivity index (χ0v) is 15.0. The van der Waals surface area contributed by atoms with Gasteiger partial charge in [-0.25, -0.2) is 5.43 Å². The van der Waals surface area contributed by atoms with Crippen LogP contribution in [0.25, 0.3) is 0 Å². The maximum Gasteiger partial charge on any atom is 0.277 e. The Bertz CT molecular complexity index is 778. The van der Waals surface area contributed by atoms with Gasteiger partial charge in [0.15, 0.2) is 18.1 Å². The number of aryl methyl sites for hydroxylation is 1. The Labute approximate surface area is 151 Å². The summed E-state index contributed by atoms with van der Waals surface area (Å²) in [6, 6.07) is 10.6. The summed E-state index contributed by atoms with van der Waals surface area (Å²) in [6.45, 7) is 1.70. The first-order chi connectivity index (χ1) is 12.0. The lowest BCUT2D eigenvalue weighted by Crippen LogP contribution is -2.24. The zero-order valence-electron chi connectivity index (χ0n) is 14.2. The van der Waals surface area contributed by atoms with Crippen LogP contribution in [0, 0.1) is 6.92 Å². The summed E-state index contributed by atoms with van der Waals surface area (Å²) in [5.74, 6) is 1.30. The Morgan fingerprint density at radius 2 is 2.04 bits per heavy atom. The fourth-order valence-corrected chi connectivity index (χ4v) is 2.19. The fourth-order valence-electron chi connectivity index (χ4n) is 2.08. The molecule has 0 unspecified atom stereocenters. The number of carbonyl (C=O) groups excluding carboxylic acids is 1. The van der Waals surface area contributed by atoms with Crippen LogP contribution in [-0.2, 0) is 4.79 Å². The van der Waals surface area contributed by atoms with E-state index in [0.717, 1.165) is 5.56 Å². The summed E-state index contributed by atoms with van der Waals surface area (Å²) in [5, 5.41) is 4.56. The molecule has 0 spiro atoms. The Morgan fingerprint density at radius 1 is 1.24 bits per heavy atom. The molecule has 0 aliphatic carbocycles. The van der Waals surface area contributed by atoms with Crippen molar-refractivity contribution in [2.75, 3.05) is 20.8 Å². The Kier molecular flexibility index (Phi) is 6.65. The van der Waals surface area contributed by atoms with Gasteiger partial charge in [-0.3, -0.25) is 4.79 Å². The van der Waals surface area contributed by atoms with E-state index in [-0.39, 0.29) is 12.5 Å². The lowest BCUT2D eigenvalue weighted by molar-refractivity contribution is -0.123. The number of carbonyl (C=O) groups is 1. The van der Waals surface area contributed by atoms with Gasteiger partial charge in [0.05, 0.1) is 20.4 Å². The lowest BCUT2D eigenvalue weighted by atomic mass is 10.2. The van der Waals surface area contributed by atoms with E-state index in [4.69, 9.17) is 25.8 Å². The second kappa shape index (κ2) is 8.94. The first-order valence-electron chi connectivity index (χ1n) is 7.47. The van der Waals surface area contributed by atoms with Gasteiger partial charge in [-0.05, 0) is 42.8 Å². The van der Waals surface area contributed by atoms with Crippen molar-refractivity contribution in [1.29, 1.82) is 0 Å². The minimum Gasteiger partial charge on any atom is -0.493 e. The van der Waals surface area contributed by atoms with E-state index in [1.807, 2.05) is 6.92 Å². The molecule has 1 N–H and O–H groups in total. The highest BCUT2D eigenvalue weighted by atomic mass is 35.5. The molecule has 0 bridgehead atoms. The van der Waals surface area contributed by atoms with Gasteiger partial charge in [0.25, 0.3) is 5.91 Å². The number of nitrogens with zero attached hydrogens (tertiary/aromatic N) is 1. The van der Waals surface area contributed by atoms with Crippen LogP contribution in [0.3, 0.4) is 0 Å². The van der Waals surface area contributed by atoms with Crippen molar-refractivity contribution in [2.45, 2.75) is 6.92 Å². The van der Waals surface area contributed by atoms with Crippen molar-refractivity contribution in [3.8, 4) is 17.2 Å². The van der Waals surface area contributed by atoms with Crippen LogP contribution in [0.5, 0.6) is 17.2 Å². The van der Waals surface area contributed by atoms with Gasteiger partial charge < -0.3 is 14.2 Å². The molecule has 0 heterocycles. The monoisotopic (exact) mass is 362 g/mol. The van der Waals surface area contributed by atoms with E-state index in [2.05, 4.69) is 10.5 Å². The normalized spacial score (nSPS) is 10.6. The first kappa shape index (κ1) is 18.6. The molecule has 0 atom stereocenters. The molecule has 2 aromatic carbocycles. The zero-order chi connectivity index (χ0) is 18.2. The van der Waals surface area contributed by atoms with Crippen LogP contribution in [0.15, 0.2) is 41.5 Å². The van der Waals surface area contributed by atoms with E-state index < -0.39 is 0 Å². The van der Waals surface area contributed by atoms with Gasteiger partial charge in [-0.15, -0.1) is 0 Å². The van der Waals surface area contributed by atoms with Crippen LogP contribution in [0.4, 0.5) is 0 Å². The van der Waals surface area contributed by atoms with Crippen molar-refractivity contribution < 1.29 is 19.0 Å². The highest BCUT2D eigenvalue weighted by molar-refractivity contribution is 6.31. The molecule has 0 saturated heterocycles. The van der Waals surface area contributed by atoms with Crippen molar-refractivity contribution in [1.82, 2.24) is 5.43 Å². The molecule has 2 rings (SSSR count). The molecule has 0 saturated carbocycles. The molecule has 0 aromatic heterocycles. The number of hydrogen-bond acceptors (Lipinski definition) is 5. The third-order valence-electron chi connectivity index (χ3n) is 3.33. The Hall–Kier alpha value is -2.73. The first-order valence-corrected chi connectivity index (χ1v) is 7.84. The van der Waals surface area contributed by atoms with Crippen LogP contribution in [-0.4, -0.2) is 32.9 Å². The molecule has 2 aromatic rings. The number of benzene rings is 2. The van der Waals surface area contributed by atoms with Crippen molar-refractivity contribution in [3.05, 3.63) is 52.5 Å². The predicted molar refractivity (Wildman–Crippen MR) is 97.0 cm³/mol. The number of hydrogen-bond donors (Lipinski definition) is 1. The summed E-state index contributed by atoms with van der Waals surface area (Å²) < 4.78 is 15.9. The van der Waals surface area contributed by atoms with E-state index in [9.17, 15) is 4.79 Å². The SMILES string of the molecule is COc1cccc(/C=N/NC(=O)COc2ccc(Cl)c(C)c2)c1OC. The molecule has 0 radical (unpaired) electrons. The highest BCUT2D eigenvalue weighted by Crippen LogP contribution is 2.29. The molecule has 25 heavy (non-hydrogen) atoms. The van der Waals surface area contributed by atoms with E-state index in [1.54, 1.807) is 43.5 Å². The van der Waals surface area contributed by atoms with Crippen LogP contribution < -0.4 is 19.6 Å². The molecule has 0 fully saturated rings. The van der Waals surface area contributed by atoms with E-state index in [0.29, 0.717) is 27.8 Å². The summed E-state index contributed by atoms with van der Waals surface area (Å²) in [5.41, 5.74) is 3.95. The van der Waals surface area contributed by atoms with Crippen molar-refractivity contribution in [2.24, 2.45) is 5.10 Å². The van der Waals surface area contributed by atoms with Gasteiger partial charge in [0, 0.05) is 10.6 Å². The van der Waals surface area contributed by atoms with Gasteiger partial charge in [-0.1, -0.05) is 17.7 Å². The number of amides is 1. The standard InChI is InChI=1S/C18H19ClN2O4/c1-12-9-14(7-8-15(12)19)25-11-17(22)21-20-10-13-5-4-6-16(23-2)18(13)24-3/h4-10H,11H2,1-3H3,(H,21,22)/b20-10+.